The van der Waals surface area contributed by atoms with Crippen LogP contribution in [0.25, 0.3) is 0 Å². The summed E-state index contributed by atoms with van der Waals surface area (Å²) < 4.78 is 25.2. The topological polar surface area (TPSA) is 24.9 Å². The van der Waals surface area contributed by atoms with Crippen molar-refractivity contribution in [1.82, 2.24) is 9.80 Å². The fourth-order valence-electron chi connectivity index (χ4n) is 4.71. The Morgan fingerprint density at radius 2 is 2.04 bits per heavy atom. The number of halogens is 1. The summed E-state index contributed by atoms with van der Waals surface area (Å²) in [6, 6.07) is 6.98. The quantitative estimate of drug-likeness (QED) is 0.835. The molecule has 3 fully saturated rings. The van der Waals surface area contributed by atoms with Crippen molar-refractivity contribution in [2.45, 2.75) is 31.4 Å². The second kappa shape index (κ2) is 7.70. The zero-order valence-electron chi connectivity index (χ0n) is 15.0. The predicted octanol–water partition coefficient (Wildman–Crippen LogP) is 2.53. The largest absolute Gasteiger partial charge is 0.379 e. The van der Waals surface area contributed by atoms with Gasteiger partial charge in [0.25, 0.3) is 0 Å². The van der Waals surface area contributed by atoms with Gasteiger partial charge in [-0.3, -0.25) is 9.80 Å². The van der Waals surface area contributed by atoms with Gasteiger partial charge < -0.3 is 9.47 Å². The fourth-order valence-corrected chi connectivity index (χ4v) is 4.71. The van der Waals surface area contributed by atoms with Gasteiger partial charge in [0.1, 0.15) is 5.82 Å². The second-order valence-electron chi connectivity index (χ2n) is 7.92. The molecule has 0 saturated carbocycles. The van der Waals surface area contributed by atoms with Crippen molar-refractivity contribution in [3.05, 3.63) is 35.6 Å². The minimum absolute atomic E-state index is 0.0164. The van der Waals surface area contributed by atoms with E-state index in [9.17, 15) is 4.39 Å². The first-order chi connectivity index (χ1) is 12.2. The number of ether oxygens (including phenoxy) is 2. The van der Waals surface area contributed by atoms with E-state index in [1.807, 2.05) is 6.07 Å². The van der Waals surface area contributed by atoms with Crippen molar-refractivity contribution in [3.63, 3.8) is 0 Å². The monoisotopic (exact) mass is 348 g/mol. The summed E-state index contributed by atoms with van der Waals surface area (Å²) in [4.78, 5) is 4.96. The Bertz CT molecular complexity index is 579. The molecule has 0 radical (unpaired) electrons. The van der Waals surface area contributed by atoms with Gasteiger partial charge in [0.05, 0.1) is 25.4 Å². The van der Waals surface area contributed by atoms with Crippen LogP contribution >= 0.6 is 0 Å². The van der Waals surface area contributed by atoms with Crippen molar-refractivity contribution in [2.75, 3.05) is 52.5 Å². The van der Waals surface area contributed by atoms with Crippen LogP contribution in [0, 0.1) is 11.7 Å². The average Bonchev–Trinajstić information content (AvgIpc) is 2.97. The highest BCUT2D eigenvalue weighted by Crippen LogP contribution is 2.38. The molecule has 0 aliphatic carbocycles. The lowest BCUT2D eigenvalue weighted by Crippen LogP contribution is -2.47. The van der Waals surface area contributed by atoms with Crippen LogP contribution in [0.15, 0.2) is 24.3 Å². The van der Waals surface area contributed by atoms with Crippen molar-refractivity contribution in [1.29, 1.82) is 0 Å². The molecule has 3 saturated heterocycles. The number of morpholine rings is 1. The van der Waals surface area contributed by atoms with Crippen LogP contribution in [0.3, 0.4) is 0 Å². The van der Waals surface area contributed by atoms with Crippen LogP contribution in [0.4, 0.5) is 4.39 Å². The van der Waals surface area contributed by atoms with Crippen molar-refractivity contribution in [3.8, 4) is 0 Å². The summed E-state index contributed by atoms with van der Waals surface area (Å²) in [5.41, 5.74) is 1.07. The summed E-state index contributed by atoms with van der Waals surface area (Å²) in [5.74, 6) is 0.485. The predicted molar refractivity (Wildman–Crippen MR) is 95.0 cm³/mol. The normalized spacial score (nSPS) is 31.6. The Balaban J connectivity index is 1.32. The summed E-state index contributed by atoms with van der Waals surface area (Å²) in [7, 11) is 0. The van der Waals surface area contributed by atoms with Gasteiger partial charge in [0, 0.05) is 32.7 Å². The third-order valence-corrected chi connectivity index (χ3v) is 5.82. The van der Waals surface area contributed by atoms with Crippen LogP contribution in [0.1, 0.15) is 24.8 Å². The van der Waals surface area contributed by atoms with Gasteiger partial charge in [-0.15, -0.1) is 0 Å². The molecule has 2 atom stereocenters. The third kappa shape index (κ3) is 4.40. The first-order valence-electron chi connectivity index (χ1n) is 9.62. The molecule has 1 aromatic rings. The molecule has 5 heteroatoms. The summed E-state index contributed by atoms with van der Waals surface area (Å²) >= 11 is 0. The number of hydrogen-bond donors (Lipinski definition) is 0. The lowest BCUT2D eigenvalue weighted by atomic mass is 9.86. The van der Waals surface area contributed by atoms with Gasteiger partial charge in [-0.2, -0.15) is 0 Å². The van der Waals surface area contributed by atoms with Gasteiger partial charge in [0.2, 0.25) is 0 Å². The van der Waals surface area contributed by atoms with E-state index >= 15 is 0 Å². The number of nitrogens with zero attached hydrogens (tertiary/aromatic N) is 2. The summed E-state index contributed by atoms with van der Waals surface area (Å²) in [6.45, 7) is 8.71. The van der Waals surface area contributed by atoms with E-state index in [4.69, 9.17) is 9.47 Å². The summed E-state index contributed by atoms with van der Waals surface area (Å²) in [6.07, 6.45) is 3.48. The molecule has 0 amide bonds. The first kappa shape index (κ1) is 17.4. The van der Waals surface area contributed by atoms with Crippen LogP contribution in [0.2, 0.25) is 0 Å². The Kier molecular flexibility index (Phi) is 5.36. The van der Waals surface area contributed by atoms with Crippen molar-refractivity contribution < 1.29 is 13.9 Å². The van der Waals surface area contributed by atoms with E-state index in [0.717, 1.165) is 77.5 Å². The minimum Gasteiger partial charge on any atom is -0.379 e. The molecule has 3 aliphatic rings. The highest BCUT2D eigenvalue weighted by molar-refractivity contribution is 5.16. The Hall–Kier alpha value is -1.01. The van der Waals surface area contributed by atoms with E-state index in [2.05, 4.69) is 9.80 Å². The smallest absolute Gasteiger partial charge is 0.123 e. The minimum atomic E-state index is -0.146. The molecule has 1 aromatic carbocycles. The zero-order chi connectivity index (χ0) is 17.1. The Morgan fingerprint density at radius 3 is 2.88 bits per heavy atom. The molecule has 0 aromatic heterocycles. The molecule has 3 heterocycles. The fraction of sp³-hybridized carbons (Fsp3) is 0.700. The van der Waals surface area contributed by atoms with Gasteiger partial charge in [0.15, 0.2) is 0 Å². The first-order valence-corrected chi connectivity index (χ1v) is 9.62. The van der Waals surface area contributed by atoms with E-state index in [1.165, 1.54) is 12.5 Å². The van der Waals surface area contributed by atoms with Crippen molar-refractivity contribution in [2.24, 2.45) is 5.92 Å². The van der Waals surface area contributed by atoms with Crippen LogP contribution in [0.5, 0.6) is 0 Å². The van der Waals surface area contributed by atoms with E-state index < -0.39 is 0 Å². The molecule has 2 unspecified atom stereocenters. The van der Waals surface area contributed by atoms with Crippen LogP contribution < -0.4 is 0 Å². The van der Waals surface area contributed by atoms with Gasteiger partial charge in [-0.1, -0.05) is 12.1 Å². The highest BCUT2D eigenvalue weighted by Gasteiger charge is 2.43. The molecule has 0 bridgehead atoms. The molecule has 4 nitrogen and oxygen atoms in total. The maximum absolute atomic E-state index is 13.4. The molecule has 1 spiro atoms. The van der Waals surface area contributed by atoms with E-state index in [0.29, 0.717) is 5.92 Å². The molecule has 0 N–H and O–H groups in total. The molecule has 138 valence electrons. The number of piperidine rings is 1. The lowest BCUT2D eigenvalue weighted by Gasteiger charge is -2.40. The van der Waals surface area contributed by atoms with Gasteiger partial charge in [-0.25, -0.2) is 4.39 Å². The van der Waals surface area contributed by atoms with Gasteiger partial charge >= 0.3 is 0 Å². The third-order valence-electron chi connectivity index (χ3n) is 5.82. The Labute approximate surface area is 149 Å². The van der Waals surface area contributed by atoms with Gasteiger partial charge in [-0.05, 0) is 49.4 Å². The van der Waals surface area contributed by atoms with Crippen molar-refractivity contribution >= 4 is 0 Å². The van der Waals surface area contributed by atoms with Crippen LogP contribution in [-0.2, 0) is 16.0 Å². The molecule has 25 heavy (non-hydrogen) atoms. The number of likely N-dealkylation sites (tertiary alicyclic amines) is 1. The van der Waals surface area contributed by atoms with Crippen LogP contribution in [-0.4, -0.2) is 67.9 Å². The molecule has 3 aliphatic heterocycles. The molecule has 4 rings (SSSR count). The maximum Gasteiger partial charge on any atom is 0.123 e. The number of hydrogen-bond acceptors (Lipinski definition) is 4. The molecular formula is C20H29FN2O2. The lowest BCUT2D eigenvalue weighted by molar-refractivity contribution is -0.0536. The Morgan fingerprint density at radius 1 is 1.16 bits per heavy atom. The second-order valence-corrected chi connectivity index (χ2v) is 7.92. The zero-order valence-corrected chi connectivity index (χ0v) is 15.0. The average molecular weight is 348 g/mol. The summed E-state index contributed by atoms with van der Waals surface area (Å²) in [5, 5.41) is 0. The standard InChI is InChI=1S/C20H29FN2O2/c21-19-4-1-3-17(11-19)13-23-6-2-5-20(16-23)12-18(15-25-20)14-22-7-9-24-10-8-22/h1,3-4,11,18H,2,5-10,12-16H2. The van der Waals surface area contributed by atoms with E-state index in [-0.39, 0.29) is 11.4 Å². The SMILES string of the molecule is Fc1cccc(CN2CCCC3(CC(CN4CCOCC4)CO3)C2)c1. The highest BCUT2D eigenvalue weighted by atomic mass is 19.1. The number of benzene rings is 1. The maximum atomic E-state index is 13.4. The molecular weight excluding hydrogens is 319 g/mol. The number of rotatable bonds is 4. The van der Waals surface area contributed by atoms with E-state index in [1.54, 1.807) is 12.1 Å².